The molecule has 0 amide bonds. The van der Waals surface area contributed by atoms with Crippen LogP contribution in [0.1, 0.15) is 36.5 Å². The fourth-order valence-electron chi connectivity index (χ4n) is 1.93. The van der Waals surface area contributed by atoms with Gasteiger partial charge in [0.05, 0.1) is 5.75 Å². The van der Waals surface area contributed by atoms with E-state index < -0.39 is 9.84 Å². The summed E-state index contributed by atoms with van der Waals surface area (Å²) >= 11 is 0. The lowest BCUT2D eigenvalue weighted by Crippen LogP contribution is -2.11. The van der Waals surface area contributed by atoms with Crippen LogP contribution in [0.4, 0.5) is 0 Å². The van der Waals surface area contributed by atoms with Crippen LogP contribution in [0, 0.1) is 13.8 Å². The summed E-state index contributed by atoms with van der Waals surface area (Å²) in [6.45, 7) is 5.62. The molecule has 0 aromatic heterocycles. The van der Waals surface area contributed by atoms with Gasteiger partial charge in [-0.2, -0.15) is 0 Å². The van der Waals surface area contributed by atoms with E-state index in [0.29, 0.717) is 19.3 Å². The number of rotatable bonds is 7. The molecule has 19 heavy (non-hydrogen) atoms. The molecule has 1 aromatic rings. The number of hydrogen-bond donors (Lipinski definition) is 0. The maximum Gasteiger partial charge on any atom is 0.150 e. The predicted octanol–water partition coefficient (Wildman–Crippen LogP) is 2.63. The van der Waals surface area contributed by atoms with Crippen LogP contribution in [0.25, 0.3) is 0 Å². The molecule has 1 rings (SSSR count). The fraction of sp³-hybridized carbons (Fsp3) is 0.533. The number of sulfone groups is 1. The third kappa shape index (κ3) is 5.55. The number of hydrogen-bond acceptors (Lipinski definition) is 3. The van der Waals surface area contributed by atoms with Crippen LogP contribution < -0.4 is 0 Å². The highest BCUT2D eigenvalue weighted by atomic mass is 32.2. The minimum Gasteiger partial charge on any atom is -0.299 e. The number of Topliss-reactive ketones (excluding diaryl/α,β-unsaturated/α-hetero) is 1. The van der Waals surface area contributed by atoms with Crippen LogP contribution >= 0.6 is 0 Å². The molecule has 1 aromatic carbocycles. The summed E-state index contributed by atoms with van der Waals surface area (Å²) in [7, 11) is -2.96. The second-order valence-electron chi connectivity index (χ2n) is 4.99. The Morgan fingerprint density at radius 2 is 1.89 bits per heavy atom. The van der Waals surface area contributed by atoms with E-state index >= 15 is 0 Å². The zero-order valence-electron chi connectivity index (χ0n) is 11.9. The highest BCUT2D eigenvalue weighted by Gasteiger charge is 2.10. The lowest BCUT2D eigenvalue weighted by atomic mass is 9.99. The predicted molar refractivity (Wildman–Crippen MR) is 78.2 cm³/mol. The maximum atomic E-state index is 11.9. The summed E-state index contributed by atoms with van der Waals surface area (Å²) in [5.74, 6) is 0.375. The molecule has 0 unspecified atom stereocenters. The first kappa shape index (κ1) is 15.9. The molecule has 0 atom stereocenters. The van der Waals surface area contributed by atoms with Crippen molar-refractivity contribution in [3.8, 4) is 0 Å². The minimum atomic E-state index is -2.96. The molecule has 0 heterocycles. The molecule has 0 bridgehead atoms. The number of aryl methyl sites for hydroxylation is 2. The molecule has 0 fully saturated rings. The van der Waals surface area contributed by atoms with Gasteiger partial charge in [0.25, 0.3) is 0 Å². The van der Waals surface area contributed by atoms with E-state index in [1.54, 1.807) is 6.92 Å². The number of ketones is 1. The van der Waals surface area contributed by atoms with Crippen LogP contribution in [0.3, 0.4) is 0 Å². The molecule has 0 aliphatic heterocycles. The SMILES string of the molecule is CCS(=O)(=O)CCCC(=O)Cc1cc(C)ccc1C. The van der Waals surface area contributed by atoms with Crippen molar-refractivity contribution in [3.63, 3.8) is 0 Å². The molecule has 0 radical (unpaired) electrons. The van der Waals surface area contributed by atoms with E-state index in [0.717, 1.165) is 16.7 Å². The molecule has 0 N–H and O–H groups in total. The molecular formula is C15H22O3S. The summed E-state index contributed by atoms with van der Waals surface area (Å²) in [5, 5.41) is 0. The van der Waals surface area contributed by atoms with Gasteiger partial charge >= 0.3 is 0 Å². The summed E-state index contributed by atoms with van der Waals surface area (Å²) in [4.78, 5) is 11.9. The Hall–Kier alpha value is -1.16. The first-order valence-corrected chi connectivity index (χ1v) is 8.44. The summed E-state index contributed by atoms with van der Waals surface area (Å²) in [6, 6.07) is 6.06. The lowest BCUT2D eigenvalue weighted by molar-refractivity contribution is -0.118. The molecule has 0 aliphatic carbocycles. The van der Waals surface area contributed by atoms with Crippen molar-refractivity contribution in [2.45, 2.75) is 40.0 Å². The average Bonchev–Trinajstić information content (AvgIpc) is 2.33. The fourth-order valence-corrected chi connectivity index (χ4v) is 2.80. The van der Waals surface area contributed by atoms with Gasteiger partial charge in [-0.3, -0.25) is 4.79 Å². The number of carbonyl (C=O) groups is 1. The van der Waals surface area contributed by atoms with Crippen LogP contribution in [-0.2, 0) is 21.1 Å². The van der Waals surface area contributed by atoms with Gasteiger partial charge in [0.2, 0.25) is 0 Å². The molecule has 106 valence electrons. The van der Waals surface area contributed by atoms with E-state index in [1.807, 2.05) is 32.0 Å². The van der Waals surface area contributed by atoms with Crippen LogP contribution in [-0.4, -0.2) is 25.7 Å². The van der Waals surface area contributed by atoms with E-state index in [2.05, 4.69) is 0 Å². The van der Waals surface area contributed by atoms with Gasteiger partial charge in [-0.05, 0) is 31.4 Å². The zero-order valence-corrected chi connectivity index (χ0v) is 12.7. The third-order valence-electron chi connectivity index (χ3n) is 3.24. The quantitative estimate of drug-likeness (QED) is 0.772. The average molecular weight is 282 g/mol. The molecule has 0 aliphatic rings. The molecule has 0 spiro atoms. The van der Waals surface area contributed by atoms with Crippen molar-refractivity contribution in [3.05, 3.63) is 34.9 Å². The van der Waals surface area contributed by atoms with Crippen LogP contribution in [0.15, 0.2) is 18.2 Å². The topological polar surface area (TPSA) is 51.2 Å². The first-order chi connectivity index (χ1) is 8.84. The largest absolute Gasteiger partial charge is 0.299 e. The maximum absolute atomic E-state index is 11.9. The molecule has 0 saturated carbocycles. The summed E-state index contributed by atoms with van der Waals surface area (Å²) in [6.07, 6.45) is 1.17. The van der Waals surface area contributed by atoms with Gasteiger partial charge in [0.1, 0.15) is 15.6 Å². The van der Waals surface area contributed by atoms with Gasteiger partial charge in [-0.15, -0.1) is 0 Å². The van der Waals surface area contributed by atoms with Gasteiger partial charge in [0, 0.05) is 18.6 Å². The summed E-state index contributed by atoms with van der Waals surface area (Å²) in [5.41, 5.74) is 3.30. The van der Waals surface area contributed by atoms with Gasteiger partial charge < -0.3 is 0 Å². The second-order valence-corrected chi connectivity index (χ2v) is 7.46. The van der Waals surface area contributed by atoms with Crippen molar-refractivity contribution in [1.29, 1.82) is 0 Å². The van der Waals surface area contributed by atoms with Gasteiger partial charge in [0.15, 0.2) is 0 Å². The number of carbonyl (C=O) groups excluding carboxylic acids is 1. The molecule has 4 heteroatoms. The molecule has 0 saturated heterocycles. The highest BCUT2D eigenvalue weighted by Crippen LogP contribution is 2.13. The Labute approximate surface area is 116 Å². The van der Waals surface area contributed by atoms with E-state index in [9.17, 15) is 13.2 Å². The second kappa shape index (κ2) is 6.85. The highest BCUT2D eigenvalue weighted by molar-refractivity contribution is 7.91. The van der Waals surface area contributed by atoms with Crippen molar-refractivity contribution in [1.82, 2.24) is 0 Å². The van der Waals surface area contributed by atoms with E-state index in [4.69, 9.17) is 0 Å². The van der Waals surface area contributed by atoms with Crippen LogP contribution in [0.2, 0.25) is 0 Å². The Kier molecular flexibility index (Phi) is 5.73. The van der Waals surface area contributed by atoms with Gasteiger partial charge in [-0.25, -0.2) is 8.42 Å². The smallest absolute Gasteiger partial charge is 0.150 e. The molecular weight excluding hydrogens is 260 g/mol. The van der Waals surface area contributed by atoms with Crippen molar-refractivity contribution in [2.75, 3.05) is 11.5 Å². The van der Waals surface area contributed by atoms with Crippen LogP contribution in [0.5, 0.6) is 0 Å². The number of benzene rings is 1. The lowest BCUT2D eigenvalue weighted by Gasteiger charge is -2.06. The van der Waals surface area contributed by atoms with Gasteiger partial charge in [-0.1, -0.05) is 30.7 Å². The van der Waals surface area contributed by atoms with Crippen molar-refractivity contribution >= 4 is 15.6 Å². The van der Waals surface area contributed by atoms with E-state index in [1.165, 1.54) is 0 Å². The van der Waals surface area contributed by atoms with Crippen molar-refractivity contribution < 1.29 is 13.2 Å². The minimum absolute atomic E-state index is 0.111. The Morgan fingerprint density at radius 1 is 1.21 bits per heavy atom. The standard InChI is InChI=1S/C15H22O3S/c1-4-19(17,18)9-5-6-15(16)11-14-10-12(2)7-8-13(14)3/h7-8,10H,4-6,9,11H2,1-3H3. The Morgan fingerprint density at radius 3 is 2.53 bits per heavy atom. The Bertz CT molecular complexity index is 545. The zero-order chi connectivity index (χ0) is 14.5. The Balaban J connectivity index is 2.50. The third-order valence-corrected chi connectivity index (χ3v) is 5.03. The monoisotopic (exact) mass is 282 g/mol. The van der Waals surface area contributed by atoms with Crippen molar-refractivity contribution in [2.24, 2.45) is 0 Å². The first-order valence-electron chi connectivity index (χ1n) is 6.62. The molecule has 3 nitrogen and oxygen atoms in total. The normalized spacial score (nSPS) is 11.5. The van der Waals surface area contributed by atoms with E-state index in [-0.39, 0.29) is 17.3 Å². The summed E-state index contributed by atoms with van der Waals surface area (Å²) < 4.78 is 22.7.